The lowest BCUT2D eigenvalue weighted by Gasteiger charge is -2.15. The third-order valence-electron chi connectivity index (χ3n) is 4.28. The van der Waals surface area contributed by atoms with E-state index in [9.17, 15) is 9.18 Å². The maximum absolute atomic E-state index is 13.3. The van der Waals surface area contributed by atoms with Crippen LogP contribution in [-0.4, -0.2) is 25.7 Å². The van der Waals surface area contributed by atoms with Gasteiger partial charge in [-0.2, -0.15) is 0 Å². The first-order valence-corrected chi connectivity index (χ1v) is 8.11. The SMILES string of the molecule is Cc1ccc(-n2cc(N)c(NC(=O)N3Cc4cc(F)cnc4C3)n2)cc1. The van der Waals surface area contributed by atoms with Crippen molar-refractivity contribution < 1.29 is 9.18 Å². The van der Waals surface area contributed by atoms with E-state index in [4.69, 9.17) is 5.73 Å². The number of aromatic nitrogens is 3. The number of nitrogen functional groups attached to an aromatic ring is 1. The molecule has 4 rings (SSSR count). The van der Waals surface area contributed by atoms with Gasteiger partial charge in [-0.3, -0.25) is 10.3 Å². The van der Waals surface area contributed by atoms with Crippen LogP contribution in [0.15, 0.2) is 42.7 Å². The summed E-state index contributed by atoms with van der Waals surface area (Å²) in [4.78, 5) is 18.1. The molecule has 2 amide bonds. The van der Waals surface area contributed by atoms with Crippen molar-refractivity contribution in [2.45, 2.75) is 20.0 Å². The number of hydrogen-bond acceptors (Lipinski definition) is 4. The normalized spacial score (nSPS) is 12.9. The molecule has 8 heteroatoms. The smallest absolute Gasteiger partial charge is 0.323 e. The van der Waals surface area contributed by atoms with Crippen LogP contribution in [0.2, 0.25) is 0 Å². The summed E-state index contributed by atoms with van der Waals surface area (Å²) >= 11 is 0. The standard InChI is InChI=1S/C18H17FN6O/c1-11-2-4-14(5-3-11)25-9-15(20)17(23-25)22-18(26)24-8-12-6-13(19)7-21-16(12)10-24/h2-7,9H,8,10,20H2,1H3,(H,22,23,26). The number of hydrogen-bond donors (Lipinski definition) is 2. The number of anilines is 2. The van der Waals surface area contributed by atoms with Gasteiger partial charge >= 0.3 is 6.03 Å². The van der Waals surface area contributed by atoms with E-state index in [-0.39, 0.29) is 11.8 Å². The molecule has 3 heterocycles. The zero-order chi connectivity index (χ0) is 18.3. The minimum absolute atomic E-state index is 0.283. The second-order valence-electron chi connectivity index (χ2n) is 6.26. The lowest BCUT2D eigenvalue weighted by atomic mass is 10.2. The molecule has 0 saturated carbocycles. The maximum Gasteiger partial charge on any atom is 0.323 e. The zero-order valence-electron chi connectivity index (χ0n) is 14.1. The maximum atomic E-state index is 13.3. The van der Waals surface area contributed by atoms with Crippen LogP contribution in [0.4, 0.5) is 20.7 Å². The number of nitrogens with one attached hydrogen (secondary N) is 1. The number of nitrogens with two attached hydrogens (primary N) is 1. The topological polar surface area (TPSA) is 89.1 Å². The molecule has 0 unspecified atom stereocenters. The van der Waals surface area contributed by atoms with Gasteiger partial charge in [0.15, 0.2) is 5.82 Å². The summed E-state index contributed by atoms with van der Waals surface area (Å²) in [5.74, 6) is -0.127. The molecule has 1 aliphatic heterocycles. The summed E-state index contributed by atoms with van der Waals surface area (Å²) < 4.78 is 14.9. The number of benzene rings is 1. The number of aryl methyl sites for hydroxylation is 1. The van der Waals surface area contributed by atoms with Crippen molar-refractivity contribution in [3.05, 3.63) is 65.4 Å². The Morgan fingerprint density at radius 3 is 2.81 bits per heavy atom. The van der Waals surface area contributed by atoms with Crippen LogP contribution in [0.25, 0.3) is 5.69 Å². The molecule has 132 valence electrons. The molecule has 0 atom stereocenters. The fourth-order valence-electron chi connectivity index (χ4n) is 2.87. The summed E-state index contributed by atoms with van der Waals surface area (Å²) in [6.45, 7) is 2.62. The third-order valence-corrected chi connectivity index (χ3v) is 4.28. The Morgan fingerprint density at radius 2 is 2.04 bits per heavy atom. The van der Waals surface area contributed by atoms with Gasteiger partial charge in [0.2, 0.25) is 0 Å². The van der Waals surface area contributed by atoms with Gasteiger partial charge in [0.05, 0.1) is 36.0 Å². The van der Waals surface area contributed by atoms with Crippen molar-refractivity contribution in [1.82, 2.24) is 19.7 Å². The highest BCUT2D eigenvalue weighted by atomic mass is 19.1. The molecule has 1 aliphatic rings. The Labute approximate surface area is 149 Å². The van der Waals surface area contributed by atoms with E-state index in [1.165, 1.54) is 11.0 Å². The van der Waals surface area contributed by atoms with Crippen LogP contribution in [0.5, 0.6) is 0 Å². The quantitative estimate of drug-likeness (QED) is 0.742. The van der Waals surface area contributed by atoms with Crippen molar-refractivity contribution >= 4 is 17.5 Å². The number of rotatable bonds is 2. The molecule has 3 aromatic rings. The molecule has 0 bridgehead atoms. The number of carbonyl (C=O) groups excluding carboxylic acids is 1. The molecule has 0 aliphatic carbocycles. The van der Waals surface area contributed by atoms with Crippen molar-refractivity contribution in [3.63, 3.8) is 0 Å². The number of nitrogens with zero attached hydrogens (tertiary/aromatic N) is 4. The van der Waals surface area contributed by atoms with Crippen molar-refractivity contribution in [2.24, 2.45) is 0 Å². The summed E-state index contributed by atoms with van der Waals surface area (Å²) in [5, 5.41) is 7.05. The summed E-state index contributed by atoms with van der Waals surface area (Å²) in [7, 11) is 0. The number of pyridine rings is 1. The molecule has 0 saturated heterocycles. The van der Waals surface area contributed by atoms with E-state index < -0.39 is 5.82 Å². The number of fused-ring (bicyclic) bond motifs is 1. The molecule has 0 fully saturated rings. The van der Waals surface area contributed by atoms with E-state index >= 15 is 0 Å². The first-order chi connectivity index (χ1) is 12.5. The fourth-order valence-corrected chi connectivity index (χ4v) is 2.87. The molecule has 7 nitrogen and oxygen atoms in total. The largest absolute Gasteiger partial charge is 0.394 e. The monoisotopic (exact) mass is 352 g/mol. The lowest BCUT2D eigenvalue weighted by molar-refractivity contribution is 0.212. The number of halogens is 1. The predicted molar refractivity (Wildman–Crippen MR) is 95.2 cm³/mol. The predicted octanol–water partition coefficient (Wildman–Crippen LogP) is 2.84. The Morgan fingerprint density at radius 1 is 1.27 bits per heavy atom. The molecule has 3 N–H and O–H groups in total. The van der Waals surface area contributed by atoms with E-state index in [0.29, 0.717) is 30.0 Å². The van der Waals surface area contributed by atoms with E-state index in [2.05, 4.69) is 15.4 Å². The van der Waals surface area contributed by atoms with Crippen LogP contribution >= 0.6 is 0 Å². The fraction of sp³-hybridized carbons (Fsp3) is 0.167. The highest BCUT2D eigenvalue weighted by Crippen LogP contribution is 2.24. The average molecular weight is 352 g/mol. The van der Waals surface area contributed by atoms with Crippen LogP contribution in [0.3, 0.4) is 0 Å². The summed E-state index contributed by atoms with van der Waals surface area (Å²) in [5.41, 5.74) is 9.73. The van der Waals surface area contributed by atoms with Gasteiger partial charge in [-0.25, -0.2) is 13.9 Å². The van der Waals surface area contributed by atoms with Crippen molar-refractivity contribution in [3.8, 4) is 5.69 Å². The minimum Gasteiger partial charge on any atom is -0.394 e. The number of urea groups is 1. The second kappa shape index (κ2) is 6.14. The van der Waals surface area contributed by atoms with E-state index in [1.807, 2.05) is 31.2 Å². The van der Waals surface area contributed by atoms with Gasteiger partial charge in [-0.15, -0.1) is 5.10 Å². The van der Waals surface area contributed by atoms with Crippen LogP contribution < -0.4 is 11.1 Å². The summed E-state index contributed by atoms with van der Waals surface area (Å²) in [6, 6.07) is 8.83. The molecule has 0 radical (unpaired) electrons. The van der Waals surface area contributed by atoms with Gasteiger partial charge in [-0.05, 0) is 30.7 Å². The highest BCUT2D eigenvalue weighted by Gasteiger charge is 2.26. The van der Waals surface area contributed by atoms with Crippen LogP contribution in [0, 0.1) is 12.7 Å². The molecule has 26 heavy (non-hydrogen) atoms. The Kier molecular flexibility index (Phi) is 3.80. The first kappa shape index (κ1) is 16.1. The second-order valence-corrected chi connectivity index (χ2v) is 6.26. The summed E-state index contributed by atoms with van der Waals surface area (Å²) in [6.07, 6.45) is 2.80. The molecule has 0 spiro atoms. The highest BCUT2D eigenvalue weighted by molar-refractivity contribution is 5.91. The van der Waals surface area contributed by atoms with Gasteiger partial charge in [0, 0.05) is 6.54 Å². The van der Waals surface area contributed by atoms with Crippen molar-refractivity contribution in [1.29, 1.82) is 0 Å². The number of amides is 2. The minimum atomic E-state index is -0.410. The van der Waals surface area contributed by atoms with Gasteiger partial charge < -0.3 is 10.6 Å². The third kappa shape index (κ3) is 2.97. The van der Waals surface area contributed by atoms with E-state index in [0.717, 1.165) is 17.4 Å². The molecular formula is C18H17FN6O. The van der Waals surface area contributed by atoms with E-state index in [1.54, 1.807) is 10.9 Å². The lowest BCUT2D eigenvalue weighted by Crippen LogP contribution is -2.30. The van der Waals surface area contributed by atoms with Crippen molar-refractivity contribution in [2.75, 3.05) is 11.1 Å². The van der Waals surface area contributed by atoms with Gasteiger partial charge in [0.25, 0.3) is 0 Å². The Balaban J connectivity index is 1.49. The van der Waals surface area contributed by atoms with Gasteiger partial charge in [0.1, 0.15) is 5.82 Å². The van der Waals surface area contributed by atoms with Crippen LogP contribution in [0.1, 0.15) is 16.8 Å². The average Bonchev–Trinajstić information content (AvgIpc) is 3.19. The number of carbonyl (C=O) groups is 1. The molecular weight excluding hydrogens is 335 g/mol. The molecule has 2 aromatic heterocycles. The molecule has 1 aromatic carbocycles. The Bertz CT molecular complexity index is 982. The van der Waals surface area contributed by atoms with Crippen LogP contribution in [-0.2, 0) is 13.1 Å². The Hall–Kier alpha value is -3.42. The zero-order valence-corrected chi connectivity index (χ0v) is 14.1. The first-order valence-electron chi connectivity index (χ1n) is 8.11. The van der Waals surface area contributed by atoms with Gasteiger partial charge in [-0.1, -0.05) is 17.7 Å².